The van der Waals surface area contributed by atoms with E-state index in [0.29, 0.717) is 23.5 Å². The minimum atomic E-state index is -3.84. The largest absolute Gasteiger partial charge is 0.319 e. The van der Waals surface area contributed by atoms with Crippen molar-refractivity contribution >= 4 is 50.0 Å². The first kappa shape index (κ1) is 20.1. The third kappa shape index (κ3) is 4.33. The van der Waals surface area contributed by atoms with Crippen LogP contribution in [0.15, 0.2) is 21.5 Å². The van der Waals surface area contributed by atoms with E-state index in [0.717, 1.165) is 31.5 Å². The molecule has 1 aromatic rings. The molecule has 2 rings (SSSR count). The summed E-state index contributed by atoms with van der Waals surface area (Å²) >= 11 is 8.97. The first-order chi connectivity index (χ1) is 9.86. The van der Waals surface area contributed by atoms with Gasteiger partial charge in [0.15, 0.2) is 0 Å². The third-order valence-corrected chi connectivity index (χ3v) is 6.77. The number of nitrogens with one attached hydrogen (secondary N) is 1. The van der Waals surface area contributed by atoms with Crippen molar-refractivity contribution in [2.24, 2.45) is 5.92 Å². The van der Waals surface area contributed by atoms with Gasteiger partial charge in [0.2, 0.25) is 10.0 Å². The fourth-order valence-electron chi connectivity index (χ4n) is 2.48. The van der Waals surface area contributed by atoms with Crippen molar-refractivity contribution in [2.75, 3.05) is 26.7 Å². The number of hydrogen-bond acceptors (Lipinski definition) is 3. The summed E-state index contributed by atoms with van der Waals surface area (Å²) in [4.78, 5) is -0.359. The first-order valence-corrected chi connectivity index (χ1v) is 9.26. The first-order valence-electron chi connectivity index (χ1n) is 6.65. The number of halogens is 4. The lowest BCUT2D eigenvalue weighted by molar-refractivity contribution is 0.270. The van der Waals surface area contributed by atoms with E-state index < -0.39 is 15.8 Å². The van der Waals surface area contributed by atoms with E-state index in [1.165, 1.54) is 4.31 Å². The highest BCUT2D eigenvalue weighted by Gasteiger charge is 2.31. The zero-order valence-electron chi connectivity index (χ0n) is 12.0. The predicted molar refractivity (Wildman–Crippen MR) is 91.8 cm³/mol. The average Bonchev–Trinajstić information content (AvgIpc) is 2.43. The van der Waals surface area contributed by atoms with Gasteiger partial charge in [0, 0.05) is 17.6 Å². The van der Waals surface area contributed by atoms with Crippen LogP contribution in [-0.4, -0.2) is 39.4 Å². The Bertz CT molecular complexity index is 623. The monoisotopic (exact) mass is 434 g/mol. The molecule has 1 N–H and O–H groups in total. The Morgan fingerprint density at radius 3 is 2.55 bits per heavy atom. The van der Waals surface area contributed by atoms with Crippen LogP contribution in [0.25, 0.3) is 0 Å². The molecule has 1 saturated heterocycles. The molecule has 1 aliphatic rings. The molecule has 0 saturated carbocycles. The summed E-state index contributed by atoms with van der Waals surface area (Å²) in [7, 11) is -1.96. The van der Waals surface area contributed by atoms with Crippen LogP contribution in [0.4, 0.5) is 4.39 Å². The van der Waals surface area contributed by atoms with E-state index in [1.807, 2.05) is 7.05 Å². The number of sulfonamides is 1. The molecule has 0 bridgehead atoms. The minimum absolute atomic E-state index is 0. The van der Waals surface area contributed by atoms with E-state index in [1.54, 1.807) is 0 Å². The van der Waals surface area contributed by atoms with Crippen molar-refractivity contribution < 1.29 is 12.8 Å². The Labute approximate surface area is 150 Å². The second kappa shape index (κ2) is 8.26. The summed E-state index contributed by atoms with van der Waals surface area (Å²) < 4.78 is 40.7. The molecule has 0 radical (unpaired) electrons. The fourth-order valence-corrected chi connectivity index (χ4v) is 4.57. The molecule has 0 aliphatic carbocycles. The van der Waals surface area contributed by atoms with Crippen LogP contribution in [0.5, 0.6) is 0 Å². The van der Waals surface area contributed by atoms with Crippen LogP contribution in [-0.2, 0) is 10.0 Å². The third-order valence-electron chi connectivity index (χ3n) is 3.66. The van der Waals surface area contributed by atoms with E-state index in [2.05, 4.69) is 21.2 Å². The van der Waals surface area contributed by atoms with Crippen LogP contribution in [0, 0.1) is 11.7 Å². The molecule has 0 atom stereocenters. The Hall–Kier alpha value is 0.0800. The van der Waals surface area contributed by atoms with Gasteiger partial charge in [-0.25, -0.2) is 12.8 Å². The Balaban J connectivity index is 0.00000242. The van der Waals surface area contributed by atoms with Gasteiger partial charge in [-0.3, -0.25) is 0 Å². The van der Waals surface area contributed by atoms with Gasteiger partial charge in [0.25, 0.3) is 0 Å². The van der Waals surface area contributed by atoms with E-state index in [-0.39, 0.29) is 22.3 Å². The lowest BCUT2D eigenvalue weighted by Crippen LogP contribution is -2.40. The zero-order chi connectivity index (χ0) is 15.6. The molecular formula is C13H18BrCl2FN2O2S. The topological polar surface area (TPSA) is 49.4 Å². The van der Waals surface area contributed by atoms with Crippen LogP contribution in [0.1, 0.15) is 12.8 Å². The standard InChI is InChI=1S/C13H17BrClFN2O2S.ClH/c1-17-8-9-2-4-18(5-3-9)21(19,20)13-7-11(15)10(14)6-12(13)16;/h6-7,9,17H,2-5,8H2,1H3;1H. The summed E-state index contributed by atoms with van der Waals surface area (Å²) in [6, 6.07) is 2.25. The number of piperidine rings is 1. The van der Waals surface area contributed by atoms with Gasteiger partial charge in [0.05, 0.1) is 5.02 Å². The SMILES string of the molecule is CNCC1CCN(S(=O)(=O)c2cc(Cl)c(Br)cc2F)CC1.Cl. The van der Waals surface area contributed by atoms with E-state index in [9.17, 15) is 12.8 Å². The fraction of sp³-hybridized carbons (Fsp3) is 0.538. The summed E-state index contributed by atoms with van der Waals surface area (Å²) in [6.07, 6.45) is 1.54. The van der Waals surface area contributed by atoms with Crippen LogP contribution >= 0.6 is 39.9 Å². The molecule has 0 spiro atoms. The highest BCUT2D eigenvalue weighted by molar-refractivity contribution is 9.10. The normalized spacial score (nSPS) is 17.3. The zero-order valence-corrected chi connectivity index (χ0v) is 16.0. The van der Waals surface area contributed by atoms with Crippen molar-refractivity contribution in [2.45, 2.75) is 17.7 Å². The number of rotatable bonds is 4. The highest BCUT2D eigenvalue weighted by Crippen LogP contribution is 2.31. The molecule has 126 valence electrons. The molecule has 22 heavy (non-hydrogen) atoms. The number of nitrogens with zero attached hydrogens (tertiary/aromatic N) is 1. The molecule has 1 fully saturated rings. The lowest BCUT2D eigenvalue weighted by atomic mass is 9.98. The van der Waals surface area contributed by atoms with Crippen molar-refractivity contribution in [1.29, 1.82) is 0 Å². The van der Waals surface area contributed by atoms with Gasteiger partial charge in [0.1, 0.15) is 10.7 Å². The lowest BCUT2D eigenvalue weighted by Gasteiger charge is -2.31. The second-order valence-electron chi connectivity index (χ2n) is 5.10. The summed E-state index contributed by atoms with van der Waals surface area (Å²) in [5.41, 5.74) is 0. The maximum Gasteiger partial charge on any atom is 0.246 e. The Morgan fingerprint density at radius 2 is 2.00 bits per heavy atom. The van der Waals surface area contributed by atoms with Crippen LogP contribution in [0.3, 0.4) is 0 Å². The number of hydrogen-bond donors (Lipinski definition) is 1. The summed E-state index contributed by atoms with van der Waals surface area (Å²) in [5.74, 6) is -0.330. The Morgan fingerprint density at radius 1 is 1.41 bits per heavy atom. The molecule has 1 aromatic carbocycles. The van der Waals surface area contributed by atoms with Gasteiger partial charge < -0.3 is 5.32 Å². The van der Waals surface area contributed by atoms with Crippen molar-refractivity contribution in [3.05, 3.63) is 27.4 Å². The molecule has 0 unspecified atom stereocenters. The quantitative estimate of drug-likeness (QED) is 0.738. The summed E-state index contributed by atoms with van der Waals surface area (Å²) in [5, 5.41) is 3.28. The number of benzene rings is 1. The van der Waals surface area contributed by atoms with Gasteiger partial charge in [-0.1, -0.05) is 11.6 Å². The second-order valence-corrected chi connectivity index (χ2v) is 8.27. The molecule has 1 heterocycles. The van der Waals surface area contributed by atoms with Crippen molar-refractivity contribution in [3.63, 3.8) is 0 Å². The van der Waals surface area contributed by atoms with Gasteiger partial charge in [-0.15, -0.1) is 12.4 Å². The molecular weight excluding hydrogens is 418 g/mol. The van der Waals surface area contributed by atoms with Gasteiger partial charge >= 0.3 is 0 Å². The predicted octanol–water partition coefficient (Wildman–Crippen LogP) is 3.28. The van der Waals surface area contributed by atoms with Crippen LogP contribution in [0.2, 0.25) is 5.02 Å². The minimum Gasteiger partial charge on any atom is -0.319 e. The molecule has 0 amide bonds. The molecule has 4 nitrogen and oxygen atoms in total. The smallest absolute Gasteiger partial charge is 0.246 e. The maximum atomic E-state index is 14.0. The average molecular weight is 436 g/mol. The van der Waals surface area contributed by atoms with E-state index in [4.69, 9.17) is 11.6 Å². The van der Waals surface area contributed by atoms with Crippen molar-refractivity contribution in [3.8, 4) is 0 Å². The molecule has 0 aromatic heterocycles. The molecule has 1 aliphatic heterocycles. The van der Waals surface area contributed by atoms with Crippen molar-refractivity contribution in [1.82, 2.24) is 9.62 Å². The Kier molecular flexibility index (Phi) is 7.56. The summed E-state index contributed by atoms with van der Waals surface area (Å²) in [6.45, 7) is 1.68. The van der Waals surface area contributed by atoms with Gasteiger partial charge in [-0.2, -0.15) is 4.31 Å². The van der Waals surface area contributed by atoms with E-state index >= 15 is 0 Å². The van der Waals surface area contributed by atoms with Gasteiger partial charge in [-0.05, 0) is 60.4 Å². The van der Waals surface area contributed by atoms with Crippen LogP contribution < -0.4 is 5.32 Å². The molecule has 9 heteroatoms. The highest BCUT2D eigenvalue weighted by atomic mass is 79.9. The maximum absolute atomic E-state index is 14.0.